The molecule has 0 aliphatic heterocycles. The summed E-state index contributed by atoms with van der Waals surface area (Å²) in [5.41, 5.74) is -1.75. The van der Waals surface area contributed by atoms with Crippen molar-refractivity contribution in [2.24, 2.45) is 0 Å². The van der Waals surface area contributed by atoms with Gasteiger partial charge in [0, 0.05) is 17.8 Å². The van der Waals surface area contributed by atoms with Gasteiger partial charge in [0.15, 0.2) is 0 Å². The molecule has 0 saturated carbocycles. The Hall–Kier alpha value is -3.92. The Morgan fingerprint density at radius 1 is 1.12 bits per heavy atom. The van der Waals surface area contributed by atoms with Crippen molar-refractivity contribution in [2.75, 3.05) is 7.11 Å². The van der Waals surface area contributed by atoms with Crippen molar-refractivity contribution in [1.82, 2.24) is 24.5 Å². The van der Waals surface area contributed by atoms with Gasteiger partial charge in [-0.25, -0.2) is 23.1 Å². The number of benzene rings is 2. The molecule has 0 radical (unpaired) electrons. The molecule has 0 amide bonds. The molecule has 8 nitrogen and oxygen atoms in total. The third kappa shape index (κ3) is 4.24. The summed E-state index contributed by atoms with van der Waals surface area (Å²) >= 11 is 0. The van der Waals surface area contributed by atoms with E-state index in [1.54, 1.807) is 37.4 Å². The van der Waals surface area contributed by atoms with E-state index in [1.807, 2.05) is 0 Å². The van der Waals surface area contributed by atoms with Crippen LogP contribution in [0, 0.1) is 11.6 Å². The molecule has 170 valence electrons. The summed E-state index contributed by atoms with van der Waals surface area (Å²) in [5.74, 6) is -1.11. The van der Waals surface area contributed by atoms with Gasteiger partial charge in [0.25, 0.3) is 5.56 Å². The van der Waals surface area contributed by atoms with E-state index in [9.17, 15) is 18.7 Å². The zero-order chi connectivity index (χ0) is 23.6. The van der Waals surface area contributed by atoms with E-state index in [-0.39, 0.29) is 12.1 Å². The topological polar surface area (TPSA) is 95.1 Å². The Labute approximate surface area is 187 Å². The lowest BCUT2D eigenvalue weighted by atomic mass is 9.86. The molecule has 2 aromatic carbocycles. The molecule has 0 fully saturated rings. The van der Waals surface area contributed by atoms with E-state index in [0.717, 1.165) is 16.8 Å². The first-order chi connectivity index (χ1) is 15.8. The summed E-state index contributed by atoms with van der Waals surface area (Å²) in [6.45, 7) is 1.28. The molecule has 0 aliphatic carbocycles. The second-order valence-electron chi connectivity index (χ2n) is 7.54. The van der Waals surface area contributed by atoms with Crippen LogP contribution < -0.4 is 10.3 Å². The Morgan fingerprint density at radius 2 is 1.88 bits per heavy atom. The maximum absolute atomic E-state index is 14.8. The van der Waals surface area contributed by atoms with Crippen LogP contribution in [0.15, 0.2) is 72.2 Å². The number of methoxy groups -OCH3 is 1. The summed E-state index contributed by atoms with van der Waals surface area (Å²) in [6.07, 6.45) is 4.04. The standard InChI is InChI=1S/C23H21F2N5O3/c1-15(30-22(31)19(9-10-27-30)16-3-6-18(33-2)7-4-16)23(32,12-29-14-26-13-28-29)20-8-5-17(24)11-21(20)25/h3-11,13-15,32H,12H2,1-2H3/t15-,23-/m1/s1. The fraction of sp³-hybridized carbons (Fsp3) is 0.217. The summed E-state index contributed by atoms with van der Waals surface area (Å²) in [4.78, 5) is 17.2. The molecule has 0 saturated heterocycles. The Bertz CT molecular complexity index is 1310. The minimum absolute atomic E-state index is 0.199. The lowest BCUT2D eigenvalue weighted by Crippen LogP contribution is -2.44. The van der Waals surface area contributed by atoms with Crippen molar-refractivity contribution in [3.05, 3.63) is 94.9 Å². The number of nitrogens with zero attached hydrogens (tertiary/aromatic N) is 5. The first-order valence-corrected chi connectivity index (χ1v) is 10.1. The zero-order valence-corrected chi connectivity index (χ0v) is 17.9. The maximum atomic E-state index is 14.8. The zero-order valence-electron chi connectivity index (χ0n) is 17.9. The highest BCUT2D eigenvalue weighted by molar-refractivity contribution is 5.62. The highest BCUT2D eigenvalue weighted by atomic mass is 19.1. The molecule has 33 heavy (non-hydrogen) atoms. The lowest BCUT2D eigenvalue weighted by molar-refractivity contribution is -0.0383. The molecule has 0 unspecified atom stereocenters. The number of aromatic nitrogens is 5. The molecule has 10 heteroatoms. The fourth-order valence-corrected chi connectivity index (χ4v) is 3.74. The number of hydrogen-bond acceptors (Lipinski definition) is 6. The molecule has 2 atom stereocenters. The molecule has 4 aromatic rings. The molecule has 0 bridgehead atoms. The van der Waals surface area contributed by atoms with Gasteiger partial charge in [-0.05, 0) is 36.8 Å². The van der Waals surface area contributed by atoms with E-state index in [4.69, 9.17) is 4.74 Å². The largest absolute Gasteiger partial charge is 0.497 e. The van der Waals surface area contributed by atoms with Crippen LogP contribution >= 0.6 is 0 Å². The SMILES string of the molecule is COc1ccc(-c2ccnn([C@H](C)[C@](O)(Cn3cncn3)c3ccc(F)cc3F)c2=O)cc1. The molecule has 2 aromatic heterocycles. The van der Waals surface area contributed by atoms with Gasteiger partial charge < -0.3 is 9.84 Å². The maximum Gasteiger partial charge on any atom is 0.274 e. The second-order valence-corrected chi connectivity index (χ2v) is 7.54. The average molecular weight is 453 g/mol. The summed E-state index contributed by atoms with van der Waals surface area (Å²) in [5, 5.41) is 19.9. The van der Waals surface area contributed by atoms with Crippen molar-refractivity contribution < 1.29 is 18.6 Å². The van der Waals surface area contributed by atoms with Crippen molar-refractivity contribution in [3.8, 4) is 16.9 Å². The van der Waals surface area contributed by atoms with Crippen molar-refractivity contribution in [1.29, 1.82) is 0 Å². The molecular formula is C23H21F2N5O3. The summed E-state index contributed by atoms with van der Waals surface area (Å²) in [7, 11) is 1.54. The van der Waals surface area contributed by atoms with Gasteiger partial charge >= 0.3 is 0 Å². The van der Waals surface area contributed by atoms with Crippen LogP contribution in [0.2, 0.25) is 0 Å². The molecule has 0 aliphatic rings. The van der Waals surface area contributed by atoms with Crippen LogP contribution in [0.5, 0.6) is 5.75 Å². The highest BCUT2D eigenvalue weighted by Crippen LogP contribution is 2.36. The number of rotatable bonds is 7. The van der Waals surface area contributed by atoms with Crippen LogP contribution in [-0.2, 0) is 12.1 Å². The lowest BCUT2D eigenvalue weighted by Gasteiger charge is -2.35. The molecule has 4 rings (SSSR count). The molecule has 1 N–H and O–H groups in total. The number of ether oxygens (including phenoxy) is 1. The summed E-state index contributed by atoms with van der Waals surface area (Å²) in [6, 6.07) is 10.3. The highest BCUT2D eigenvalue weighted by Gasteiger charge is 2.41. The van der Waals surface area contributed by atoms with Gasteiger partial charge in [0.1, 0.15) is 35.6 Å². The number of halogens is 2. The predicted octanol–water partition coefficient (Wildman–Crippen LogP) is 2.94. The van der Waals surface area contributed by atoms with Crippen LogP contribution in [0.3, 0.4) is 0 Å². The van der Waals surface area contributed by atoms with Crippen molar-refractivity contribution >= 4 is 0 Å². The van der Waals surface area contributed by atoms with E-state index in [2.05, 4.69) is 15.2 Å². The quantitative estimate of drug-likeness (QED) is 0.462. The van der Waals surface area contributed by atoms with Crippen molar-refractivity contribution in [2.45, 2.75) is 25.1 Å². The Morgan fingerprint density at radius 3 is 2.52 bits per heavy atom. The molecule has 0 spiro atoms. The van der Waals surface area contributed by atoms with Crippen molar-refractivity contribution in [3.63, 3.8) is 0 Å². The minimum Gasteiger partial charge on any atom is -0.497 e. The van der Waals surface area contributed by atoms with Crippen LogP contribution in [0.1, 0.15) is 18.5 Å². The average Bonchev–Trinajstić information content (AvgIpc) is 3.31. The van der Waals surface area contributed by atoms with E-state index >= 15 is 0 Å². The second kappa shape index (κ2) is 8.91. The predicted molar refractivity (Wildman–Crippen MR) is 115 cm³/mol. The third-order valence-electron chi connectivity index (χ3n) is 5.60. The fourth-order valence-electron chi connectivity index (χ4n) is 3.74. The normalized spacial score (nSPS) is 14.0. The Kier molecular flexibility index (Phi) is 6.01. The number of hydrogen-bond donors (Lipinski definition) is 1. The first-order valence-electron chi connectivity index (χ1n) is 10.1. The van der Waals surface area contributed by atoms with E-state index < -0.39 is 28.8 Å². The van der Waals surface area contributed by atoms with Crippen LogP contribution in [-0.4, -0.2) is 36.8 Å². The minimum atomic E-state index is -2.01. The van der Waals surface area contributed by atoms with Gasteiger partial charge in [0.2, 0.25) is 0 Å². The van der Waals surface area contributed by atoms with Gasteiger partial charge in [-0.15, -0.1) is 0 Å². The smallest absolute Gasteiger partial charge is 0.274 e. The molecule has 2 heterocycles. The van der Waals surface area contributed by atoms with Gasteiger partial charge in [0.05, 0.1) is 25.3 Å². The molecular weight excluding hydrogens is 432 g/mol. The van der Waals surface area contributed by atoms with Gasteiger partial charge in [-0.1, -0.05) is 18.2 Å². The van der Waals surface area contributed by atoms with Gasteiger partial charge in [-0.2, -0.15) is 10.2 Å². The van der Waals surface area contributed by atoms with E-state index in [0.29, 0.717) is 22.9 Å². The number of aliphatic hydroxyl groups is 1. The van der Waals surface area contributed by atoms with Crippen LogP contribution in [0.25, 0.3) is 11.1 Å². The Balaban J connectivity index is 1.82. The van der Waals surface area contributed by atoms with Crippen LogP contribution in [0.4, 0.5) is 8.78 Å². The monoisotopic (exact) mass is 453 g/mol. The van der Waals surface area contributed by atoms with Gasteiger partial charge in [-0.3, -0.25) is 4.79 Å². The van der Waals surface area contributed by atoms with E-state index in [1.165, 1.54) is 30.5 Å². The summed E-state index contributed by atoms with van der Waals surface area (Å²) < 4.78 is 35.9. The third-order valence-corrected chi connectivity index (χ3v) is 5.60. The first kappa shape index (κ1) is 22.3.